The Morgan fingerprint density at radius 2 is 1.61 bits per heavy atom. The van der Waals surface area contributed by atoms with E-state index in [9.17, 15) is 4.79 Å². The summed E-state index contributed by atoms with van der Waals surface area (Å²) in [5.41, 5.74) is 3.45. The van der Waals surface area contributed by atoms with E-state index in [-0.39, 0.29) is 12.0 Å². The van der Waals surface area contributed by atoms with Gasteiger partial charge in [-0.3, -0.25) is 4.79 Å². The fourth-order valence-corrected chi connectivity index (χ4v) is 3.11. The zero-order valence-electron chi connectivity index (χ0n) is 17.7. The molecule has 0 fully saturated rings. The monoisotopic (exact) mass is 416 g/mol. The molecule has 1 N–H and O–H groups in total. The van der Waals surface area contributed by atoms with Crippen LogP contribution in [0.5, 0.6) is 11.5 Å². The molecule has 0 aliphatic rings. The summed E-state index contributed by atoms with van der Waals surface area (Å²) in [6.07, 6.45) is 0.0856. The zero-order valence-corrected chi connectivity index (χ0v) is 17.7. The van der Waals surface area contributed by atoms with Crippen molar-refractivity contribution in [3.63, 3.8) is 0 Å². The van der Waals surface area contributed by atoms with Gasteiger partial charge in [0.15, 0.2) is 0 Å². The second kappa shape index (κ2) is 8.87. The molecule has 0 bridgehead atoms. The SMILES string of the molecule is CCOc1ccc(-n2nc3ccc(NC(=O)c4ccc(OC(C)C)cc4)cc3n2)cc1. The minimum atomic E-state index is -0.200. The first-order chi connectivity index (χ1) is 15.0. The van der Waals surface area contributed by atoms with Crippen LogP contribution in [-0.2, 0) is 0 Å². The number of carbonyl (C=O) groups is 1. The van der Waals surface area contributed by atoms with Gasteiger partial charge in [-0.1, -0.05) is 0 Å². The van der Waals surface area contributed by atoms with Gasteiger partial charge in [-0.15, -0.1) is 10.2 Å². The standard InChI is InChI=1S/C24H24N4O3/c1-4-30-20-12-8-19(9-13-20)28-26-22-14-7-18(15-23(22)27-28)25-24(29)17-5-10-21(11-6-17)31-16(2)3/h5-16H,4H2,1-3H3,(H,25,29). The molecule has 0 radical (unpaired) electrons. The number of aromatic nitrogens is 3. The highest BCUT2D eigenvalue weighted by Gasteiger charge is 2.10. The number of benzene rings is 3. The van der Waals surface area contributed by atoms with Crippen molar-refractivity contribution in [3.05, 3.63) is 72.3 Å². The van der Waals surface area contributed by atoms with Crippen molar-refractivity contribution in [2.24, 2.45) is 0 Å². The third-order valence-electron chi connectivity index (χ3n) is 4.51. The van der Waals surface area contributed by atoms with Gasteiger partial charge in [-0.2, -0.15) is 4.80 Å². The van der Waals surface area contributed by atoms with Gasteiger partial charge in [-0.25, -0.2) is 0 Å². The molecule has 158 valence electrons. The minimum Gasteiger partial charge on any atom is -0.494 e. The molecule has 3 aromatic carbocycles. The molecule has 31 heavy (non-hydrogen) atoms. The predicted molar refractivity (Wildman–Crippen MR) is 120 cm³/mol. The Bertz CT molecular complexity index is 1180. The molecule has 4 aromatic rings. The average molecular weight is 416 g/mol. The minimum absolute atomic E-state index is 0.0856. The summed E-state index contributed by atoms with van der Waals surface area (Å²) in [4.78, 5) is 14.2. The summed E-state index contributed by atoms with van der Waals surface area (Å²) in [6.45, 7) is 6.49. The van der Waals surface area contributed by atoms with Crippen LogP contribution in [0.3, 0.4) is 0 Å². The molecule has 0 unspecified atom stereocenters. The topological polar surface area (TPSA) is 78.3 Å². The first kappa shape index (κ1) is 20.4. The molecule has 0 atom stereocenters. The zero-order chi connectivity index (χ0) is 21.8. The molecular formula is C24H24N4O3. The third-order valence-corrected chi connectivity index (χ3v) is 4.51. The molecular weight excluding hydrogens is 392 g/mol. The molecule has 1 heterocycles. The van der Waals surface area contributed by atoms with E-state index in [2.05, 4.69) is 15.5 Å². The Kier molecular flexibility index (Phi) is 5.84. The molecule has 1 aromatic heterocycles. The summed E-state index contributed by atoms with van der Waals surface area (Å²) >= 11 is 0. The largest absolute Gasteiger partial charge is 0.494 e. The number of hydrogen-bond acceptors (Lipinski definition) is 5. The summed E-state index contributed by atoms with van der Waals surface area (Å²) in [7, 11) is 0. The van der Waals surface area contributed by atoms with Crippen LogP contribution in [0.25, 0.3) is 16.7 Å². The van der Waals surface area contributed by atoms with E-state index in [4.69, 9.17) is 9.47 Å². The normalized spacial score (nSPS) is 11.0. The smallest absolute Gasteiger partial charge is 0.255 e. The first-order valence-electron chi connectivity index (χ1n) is 10.2. The van der Waals surface area contributed by atoms with E-state index in [0.29, 0.717) is 23.4 Å². The number of hydrogen-bond donors (Lipinski definition) is 1. The number of rotatable bonds is 7. The highest BCUT2D eigenvalue weighted by molar-refractivity contribution is 6.05. The van der Waals surface area contributed by atoms with Crippen molar-refractivity contribution in [2.45, 2.75) is 26.9 Å². The van der Waals surface area contributed by atoms with Crippen molar-refractivity contribution in [2.75, 3.05) is 11.9 Å². The second-order valence-electron chi connectivity index (χ2n) is 7.26. The number of fused-ring (bicyclic) bond motifs is 1. The maximum Gasteiger partial charge on any atom is 0.255 e. The van der Waals surface area contributed by atoms with E-state index >= 15 is 0 Å². The van der Waals surface area contributed by atoms with Crippen molar-refractivity contribution < 1.29 is 14.3 Å². The van der Waals surface area contributed by atoms with Gasteiger partial charge in [0.2, 0.25) is 0 Å². The Hall–Kier alpha value is -3.87. The highest BCUT2D eigenvalue weighted by Crippen LogP contribution is 2.20. The molecule has 7 nitrogen and oxygen atoms in total. The Balaban J connectivity index is 1.49. The quantitative estimate of drug-likeness (QED) is 0.466. The van der Waals surface area contributed by atoms with Crippen LogP contribution in [0.2, 0.25) is 0 Å². The second-order valence-corrected chi connectivity index (χ2v) is 7.26. The van der Waals surface area contributed by atoms with Crippen molar-refractivity contribution in [1.82, 2.24) is 15.0 Å². The predicted octanol–water partition coefficient (Wildman–Crippen LogP) is 4.86. The average Bonchev–Trinajstić information content (AvgIpc) is 3.18. The lowest BCUT2D eigenvalue weighted by Crippen LogP contribution is -2.12. The Morgan fingerprint density at radius 1 is 0.935 bits per heavy atom. The first-order valence-corrected chi connectivity index (χ1v) is 10.2. The van der Waals surface area contributed by atoms with E-state index in [1.54, 1.807) is 29.1 Å². The lowest BCUT2D eigenvalue weighted by atomic mass is 10.2. The maximum absolute atomic E-state index is 12.6. The number of nitrogens with zero attached hydrogens (tertiary/aromatic N) is 3. The fourth-order valence-electron chi connectivity index (χ4n) is 3.11. The molecule has 0 aliphatic carbocycles. The van der Waals surface area contributed by atoms with E-state index in [1.165, 1.54) is 0 Å². The summed E-state index contributed by atoms with van der Waals surface area (Å²) in [5, 5.41) is 12.0. The van der Waals surface area contributed by atoms with Crippen LogP contribution in [0.1, 0.15) is 31.1 Å². The van der Waals surface area contributed by atoms with Crippen molar-refractivity contribution >= 4 is 22.6 Å². The van der Waals surface area contributed by atoms with Gasteiger partial charge in [0.1, 0.15) is 22.5 Å². The lowest BCUT2D eigenvalue weighted by Gasteiger charge is -2.10. The third kappa shape index (κ3) is 4.83. The van der Waals surface area contributed by atoms with Gasteiger partial charge in [0, 0.05) is 11.3 Å². The van der Waals surface area contributed by atoms with E-state index < -0.39 is 0 Å². The number of nitrogens with one attached hydrogen (secondary N) is 1. The van der Waals surface area contributed by atoms with E-state index in [0.717, 1.165) is 22.7 Å². The van der Waals surface area contributed by atoms with Gasteiger partial charge in [-0.05, 0) is 87.5 Å². The molecule has 0 saturated heterocycles. The Morgan fingerprint density at radius 3 is 2.29 bits per heavy atom. The number of amides is 1. The van der Waals surface area contributed by atoms with Crippen LogP contribution < -0.4 is 14.8 Å². The summed E-state index contributed by atoms with van der Waals surface area (Å²) in [6, 6.07) is 20.1. The lowest BCUT2D eigenvalue weighted by molar-refractivity contribution is 0.102. The number of ether oxygens (including phenoxy) is 2. The maximum atomic E-state index is 12.6. The van der Waals surface area contributed by atoms with Crippen LogP contribution in [-0.4, -0.2) is 33.6 Å². The molecule has 0 saturated carbocycles. The Labute approximate surface area is 180 Å². The molecule has 4 rings (SSSR count). The van der Waals surface area contributed by atoms with Gasteiger partial charge in [0.05, 0.1) is 18.4 Å². The van der Waals surface area contributed by atoms with Crippen molar-refractivity contribution in [3.8, 4) is 17.2 Å². The molecule has 0 spiro atoms. The molecule has 1 amide bonds. The summed E-state index contributed by atoms with van der Waals surface area (Å²) < 4.78 is 11.1. The highest BCUT2D eigenvalue weighted by atomic mass is 16.5. The van der Waals surface area contributed by atoms with Crippen molar-refractivity contribution in [1.29, 1.82) is 0 Å². The fraction of sp³-hybridized carbons (Fsp3) is 0.208. The molecule has 0 aliphatic heterocycles. The molecule has 7 heteroatoms. The van der Waals surface area contributed by atoms with Gasteiger partial charge < -0.3 is 14.8 Å². The van der Waals surface area contributed by atoms with Gasteiger partial charge in [0.25, 0.3) is 5.91 Å². The van der Waals surface area contributed by atoms with Crippen LogP contribution >= 0.6 is 0 Å². The van der Waals surface area contributed by atoms with Gasteiger partial charge >= 0.3 is 0 Å². The number of anilines is 1. The summed E-state index contributed by atoms with van der Waals surface area (Å²) in [5.74, 6) is 1.34. The van der Waals surface area contributed by atoms with Crippen LogP contribution in [0, 0.1) is 0 Å². The van der Waals surface area contributed by atoms with Crippen LogP contribution in [0.15, 0.2) is 66.7 Å². The van der Waals surface area contributed by atoms with Crippen LogP contribution in [0.4, 0.5) is 5.69 Å². The van der Waals surface area contributed by atoms with E-state index in [1.807, 2.05) is 63.2 Å². The number of carbonyl (C=O) groups excluding carboxylic acids is 1.